The summed E-state index contributed by atoms with van der Waals surface area (Å²) in [6.45, 7) is 0. The van der Waals surface area contributed by atoms with Crippen molar-refractivity contribution >= 4 is 96.1 Å². The van der Waals surface area contributed by atoms with Crippen molar-refractivity contribution in [1.29, 1.82) is 0 Å². The van der Waals surface area contributed by atoms with Crippen LogP contribution in [0.3, 0.4) is 0 Å². The third-order valence-corrected chi connectivity index (χ3v) is 12.9. The Morgan fingerprint density at radius 3 is 1.31 bits per heavy atom. The normalized spacial score (nSPS) is 12.0. The number of thiophene rings is 1. The van der Waals surface area contributed by atoms with E-state index in [-0.39, 0.29) is 0 Å². The van der Waals surface area contributed by atoms with Crippen molar-refractivity contribution in [2.45, 2.75) is 0 Å². The molecule has 0 unspecified atom stereocenters. The second kappa shape index (κ2) is 11.9. The molecule has 1 heterocycles. The maximum Gasteiger partial charge on any atom is 0.0440 e. The van der Waals surface area contributed by atoms with Crippen LogP contribution in [0, 0.1) is 0 Å². The van der Waals surface area contributed by atoms with Gasteiger partial charge in [-0.2, -0.15) is 0 Å². The Hall–Kier alpha value is -6.80. The van der Waals surface area contributed by atoms with Crippen molar-refractivity contribution < 1.29 is 0 Å². The second-order valence-corrected chi connectivity index (χ2v) is 15.9. The van der Waals surface area contributed by atoms with Crippen LogP contribution in [-0.2, 0) is 0 Å². The van der Waals surface area contributed by atoms with Crippen LogP contribution >= 0.6 is 11.3 Å². The second-order valence-electron chi connectivity index (χ2n) is 14.8. The molecule has 0 amide bonds. The molecule has 0 fully saturated rings. The molecule has 11 aromatic carbocycles. The Labute approximate surface area is 322 Å². The molecule has 0 saturated carbocycles. The standard InChI is InChI=1S/C54H32S/c1-3-13-35-27-40(23-21-33(35)11-1)51-44-19-9-10-20-45(44)52(41-24-22-34-12-2-4-14-36(34)28-41)48-31-42(25-26-46(48)51)53-43-18-8-7-17-39(43)30-49-47-29-37-15-5-6-16-38(37)32-50(47)55-54(49)53/h1-32H. The van der Waals surface area contributed by atoms with Gasteiger partial charge in [-0.3, -0.25) is 0 Å². The van der Waals surface area contributed by atoms with E-state index in [0.29, 0.717) is 0 Å². The Bertz CT molecular complexity index is 3550. The molecule has 55 heavy (non-hydrogen) atoms. The third kappa shape index (κ3) is 4.70. The Kier molecular flexibility index (Phi) is 6.60. The van der Waals surface area contributed by atoms with Gasteiger partial charge in [0.05, 0.1) is 0 Å². The van der Waals surface area contributed by atoms with Gasteiger partial charge in [0.15, 0.2) is 0 Å². The highest BCUT2D eigenvalue weighted by Gasteiger charge is 2.21. The van der Waals surface area contributed by atoms with Crippen LogP contribution < -0.4 is 0 Å². The molecular formula is C54H32S. The van der Waals surface area contributed by atoms with Gasteiger partial charge in [0, 0.05) is 25.7 Å². The molecule has 1 aromatic heterocycles. The van der Waals surface area contributed by atoms with Crippen LogP contribution in [0.25, 0.3) is 118 Å². The summed E-state index contributed by atoms with van der Waals surface area (Å²) in [7, 11) is 0. The van der Waals surface area contributed by atoms with Gasteiger partial charge in [0.2, 0.25) is 0 Å². The Morgan fingerprint density at radius 2 is 0.673 bits per heavy atom. The fourth-order valence-electron chi connectivity index (χ4n) is 9.19. The summed E-state index contributed by atoms with van der Waals surface area (Å²) < 4.78 is 2.67. The average Bonchev–Trinajstić information content (AvgIpc) is 3.59. The van der Waals surface area contributed by atoms with Crippen molar-refractivity contribution in [2.24, 2.45) is 0 Å². The predicted molar refractivity (Wildman–Crippen MR) is 241 cm³/mol. The quantitative estimate of drug-likeness (QED) is 0.160. The van der Waals surface area contributed by atoms with Gasteiger partial charge in [-0.15, -0.1) is 11.3 Å². The first-order chi connectivity index (χ1) is 27.2. The lowest BCUT2D eigenvalue weighted by atomic mass is 9.83. The van der Waals surface area contributed by atoms with E-state index in [4.69, 9.17) is 0 Å². The lowest BCUT2D eigenvalue weighted by Crippen LogP contribution is -1.92. The molecule has 0 bridgehead atoms. The first kappa shape index (κ1) is 30.6. The maximum absolute atomic E-state index is 2.50. The van der Waals surface area contributed by atoms with Crippen LogP contribution in [0.4, 0.5) is 0 Å². The largest absolute Gasteiger partial charge is 0.134 e. The van der Waals surface area contributed by atoms with Gasteiger partial charge in [0.25, 0.3) is 0 Å². The number of rotatable bonds is 3. The summed E-state index contributed by atoms with van der Waals surface area (Å²) in [6, 6.07) is 72.5. The highest BCUT2D eigenvalue weighted by molar-refractivity contribution is 7.26. The topological polar surface area (TPSA) is 0 Å². The summed E-state index contributed by atoms with van der Waals surface area (Å²) >= 11 is 1.92. The molecule has 0 nitrogen and oxygen atoms in total. The first-order valence-corrected chi connectivity index (χ1v) is 19.8. The van der Waals surface area contributed by atoms with Crippen molar-refractivity contribution in [3.8, 4) is 33.4 Å². The van der Waals surface area contributed by atoms with Gasteiger partial charge >= 0.3 is 0 Å². The molecule has 0 aliphatic rings. The molecule has 0 N–H and O–H groups in total. The molecule has 12 rings (SSSR count). The number of hydrogen-bond donors (Lipinski definition) is 0. The van der Waals surface area contributed by atoms with Crippen molar-refractivity contribution in [1.82, 2.24) is 0 Å². The molecule has 0 radical (unpaired) electrons. The minimum atomic E-state index is 1.23. The van der Waals surface area contributed by atoms with Crippen LogP contribution in [0.2, 0.25) is 0 Å². The van der Waals surface area contributed by atoms with E-state index in [0.717, 1.165) is 0 Å². The molecule has 12 aromatic rings. The summed E-state index contributed by atoms with van der Waals surface area (Å²) in [5.74, 6) is 0. The molecule has 0 spiro atoms. The van der Waals surface area contributed by atoms with E-state index in [2.05, 4.69) is 194 Å². The predicted octanol–water partition coefficient (Wildman–Crippen LogP) is 16.0. The first-order valence-electron chi connectivity index (χ1n) is 19.0. The zero-order chi connectivity index (χ0) is 36.0. The van der Waals surface area contributed by atoms with E-state index >= 15 is 0 Å². The van der Waals surface area contributed by atoms with Crippen LogP contribution in [0.15, 0.2) is 194 Å². The van der Waals surface area contributed by atoms with Gasteiger partial charge in [-0.1, -0.05) is 158 Å². The van der Waals surface area contributed by atoms with Gasteiger partial charge in [0.1, 0.15) is 0 Å². The number of hydrogen-bond acceptors (Lipinski definition) is 1. The number of benzene rings is 11. The van der Waals surface area contributed by atoms with E-state index in [1.54, 1.807) is 0 Å². The minimum absolute atomic E-state index is 1.23. The van der Waals surface area contributed by atoms with Crippen LogP contribution in [0.1, 0.15) is 0 Å². The molecule has 0 aliphatic carbocycles. The monoisotopic (exact) mass is 712 g/mol. The van der Waals surface area contributed by atoms with Crippen LogP contribution in [-0.4, -0.2) is 0 Å². The Morgan fingerprint density at radius 1 is 0.236 bits per heavy atom. The summed E-state index contributed by atoms with van der Waals surface area (Å²) in [5.41, 5.74) is 7.59. The lowest BCUT2D eigenvalue weighted by Gasteiger charge is -2.20. The third-order valence-electron chi connectivity index (χ3n) is 11.7. The average molecular weight is 713 g/mol. The molecule has 1 heteroatoms. The van der Waals surface area contributed by atoms with Crippen LogP contribution in [0.5, 0.6) is 0 Å². The maximum atomic E-state index is 2.50. The van der Waals surface area contributed by atoms with E-state index < -0.39 is 0 Å². The highest BCUT2D eigenvalue weighted by Crippen LogP contribution is 2.49. The van der Waals surface area contributed by atoms with E-state index in [1.807, 2.05) is 11.3 Å². The minimum Gasteiger partial charge on any atom is -0.134 e. The van der Waals surface area contributed by atoms with Crippen molar-refractivity contribution in [3.63, 3.8) is 0 Å². The summed E-state index contributed by atoms with van der Waals surface area (Å²) in [6.07, 6.45) is 0. The lowest BCUT2D eigenvalue weighted by molar-refractivity contribution is 1.67. The zero-order valence-corrected chi connectivity index (χ0v) is 30.7. The SMILES string of the molecule is c1ccc2cc(-c3c4ccccc4c(-c4ccc5ccccc5c4)c4cc(-c5c6ccccc6cc6c5sc5cc7ccccc7cc56)ccc34)ccc2c1. The van der Waals surface area contributed by atoms with Crippen molar-refractivity contribution in [3.05, 3.63) is 194 Å². The fraction of sp³-hybridized carbons (Fsp3) is 0. The van der Waals surface area contributed by atoms with E-state index in [1.165, 1.54) is 118 Å². The Balaban J connectivity index is 1.22. The fourth-order valence-corrected chi connectivity index (χ4v) is 10.5. The summed E-state index contributed by atoms with van der Waals surface area (Å²) in [4.78, 5) is 0. The smallest absolute Gasteiger partial charge is 0.0440 e. The number of fused-ring (bicyclic) bond motifs is 9. The van der Waals surface area contributed by atoms with Gasteiger partial charge < -0.3 is 0 Å². The van der Waals surface area contributed by atoms with Gasteiger partial charge in [-0.25, -0.2) is 0 Å². The zero-order valence-electron chi connectivity index (χ0n) is 29.9. The van der Waals surface area contributed by atoms with Gasteiger partial charge in [-0.05, 0) is 129 Å². The summed E-state index contributed by atoms with van der Waals surface area (Å²) in [5, 5.41) is 17.8. The molecule has 0 atom stereocenters. The van der Waals surface area contributed by atoms with Crippen molar-refractivity contribution in [2.75, 3.05) is 0 Å². The highest BCUT2D eigenvalue weighted by atomic mass is 32.1. The molecular weight excluding hydrogens is 681 g/mol. The molecule has 0 saturated heterocycles. The molecule has 0 aliphatic heterocycles. The molecule has 254 valence electrons. The van der Waals surface area contributed by atoms with E-state index in [9.17, 15) is 0 Å².